The van der Waals surface area contributed by atoms with Gasteiger partial charge >= 0.3 is 18.0 Å². The van der Waals surface area contributed by atoms with Gasteiger partial charge in [0.05, 0.1) is 7.11 Å². The van der Waals surface area contributed by atoms with Crippen LogP contribution in [0.2, 0.25) is 39.3 Å². The Hall–Kier alpha value is -0.776. The van der Waals surface area contributed by atoms with Gasteiger partial charge in [-0.2, -0.15) is 22.0 Å². The molecule has 0 saturated heterocycles. The van der Waals surface area contributed by atoms with Gasteiger partial charge in [0.2, 0.25) is 22.4 Å². The molecule has 21 heavy (non-hydrogen) atoms. The number of methoxy groups -OCH3 is 1. The normalized spacial score (nSPS) is 15.4. The molecule has 3 nitrogen and oxygen atoms in total. The van der Waals surface area contributed by atoms with Gasteiger partial charge in [-0.05, 0) is 39.3 Å². The van der Waals surface area contributed by atoms with Crippen molar-refractivity contribution >= 4 is 16.6 Å². The van der Waals surface area contributed by atoms with Gasteiger partial charge in [-0.25, -0.2) is 0 Å². The van der Waals surface area contributed by atoms with E-state index in [1.165, 1.54) is 19.6 Å². The van der Waals surface area contributed by atoms with E-state index in [1.807, 2.05) is 0 Å². The molecule has 0 aliphatic rings. The summed E-state index contributed by atoms with van der Waals surface area (Å²) in [5.74, 6) is -7.68. The molecule has 10 heteroatoms. The van der Waals surface area contributed by atoms with Crippen molar-refractivity contribution in [2.75, 3.05) is 7.11 Å². The number of ether oxygens (including phenoxy) is 1. The van der Waals surface area contributed by atoms with Crippen LogP contribution in [0.25, 0.3) is 0 Å². The van der Waals surface area contributed by atoms with Crippen molar-refractivity contribution < 1.29 is 35.5 Å². The van der Waals surface area contributed by atoms with Gasteiger partial charge in [0.1, 0.15) is 0 Å². The fourth-order valence-corrected chi connectivity index (χ4v) is 2.68. The van der Waals surface area contributed by atoms with E-state index in [4.69, 9.17) is 8.85 Å². The van der Waals surface area contributed by atoms with E-state index < -0.39 is 40.4 Å². The van der Waals surface area contributed by atoms with Gasteiger partial charge in [0.15, 0.2) is 0 Å². The maximum Gasteiger partial charge on any atom is 0.461 e. The third-order valence-corrected chi connectivity index (χ3v) is 3.43. The van der Waals surface area contributed by atoms with Crippen LogP contribution in [0.15, 0.2) is 11.7 Å². The zero-order valence-electron chi connectivity index (χ0n) is 13.1. The molecular weight excluding hydrogens is 331 g/mol. The van der Waals surface area contributed by atoms with Gasteiger partial charge in [0.25, 0.3) is 0 Å². The maximum absolute atomic E-state index is 13.7. The Morgan fingerprint density at radius 1 is 0.762 bits per heavy atom. The molecule has 0 radical (unpaired) electrons. The van der Waals surface area contributed by atoms with Crippen LogP contribution in [0.4, 0.5) is 22.0 Å². The first-order chi connectivity index (χ1) is 9.01. The lowest BCUT2D eigenvalue weighted by molar-refractivity contribution is -0.275. The Morgan fingerprint density at radius 3 is 1.38 bits per heavy atom. The van der Waals surface area contributed by atoms with Crippen LogP contribution < -0.4 is 0 Å². The lowest BCUT2D eigenvalue weighted by Gasteiger charge is -2.31. The summed E-state index contributed by atoms with van der Waals surface area (Å²) in [5, 5.41) is 0. The first-order valence-electron chi connectivity index (χ1n) is 6.12. The maximum atomic E-state index is 13.7. The molecule has 0 aliphatic carbocycles. The van der Waals surface area contributed by atoms with Crippen molar-refractivity contribution in [3.63, 3.8) is 0 Å². The van der Waals surface area contributed by atoms with Gasteiger partial charge in [-0.1, -0.05) is 0 Å². The minimum Gasteiger partial charge on any atom is -0.538 e. The van der Waals surface area contributed by atoms with Crippen molar-refractivity contribution in [3.8, 4) is 0 Å². The Labute approximate surface area is 123 Å². The van der Waals surface area contributed by atoms with Crippen molar-refractivity contribution in [1.82, 2.24) is 0 Å². The second kappa shape index (κ2) is 6.15. The van der Waals surface area contributed by atoms with E-state index in [1.54, 1.807) is 19.6 Å². The summed E-state index contributed by atoms with van der Waals surface area (Å²) in [7, 11) is -4.24. The highest BCUT2D eigenvalue weighted by molar-refractivity contribution is 6.70. The van der Waals surface area contributed by atoms with E-state index >= 15 is 0 Å². The summed E-state index contributed by atoms with van der Waals surface area (Å²) in [5.41, 5.74) is 0. The second-order valence-electron chi connectivity index (χ2n) is 6.32. The Balaban J connectivity index is 6.02. The quantitative estimate of drug-likeness (QED) is 0.394. The molecular formula is C11H21F5O3Si2. The summed E-state index contributed by atoms with van der Waals surface area (Å²) >= 11 is 0. The fraction of sp³-hybridized carbons (Fsp3) is 0.818. The Morgan fingerprint density at radius 2 is 1.14 bits per heavy atom. The zero-order valence-corrected chi connectivity index (χ0v) is 15.1. The SMILES string of the molecule is COC(O[Si](C)(C)C)=C(O[Si](C)(C)C)C(F)(F)C(F)(F)F. The van der Waals surface area contributed by atoms with Crippen molar-refractivity contribution in [1.29, 1.82) is 0 Å². The molecule has 0 atom stereocenters. The molecule has 126 valence electrons. The number of hydrogen-bond donors (Lipinski definition) is 0. The number of hydrogen-bond acceptors (Lipinski definition) is 3. The summed E-state index contributed by atoms with van der Waals surface area (Å²) in [6, 6.07) is 0. The van der Waals surface area contributed by atoms with Crippen LogP contribution in [-0.2, 0) is 13.6 Å². The largest absolute Gasteiger partial charge is 0.538 e. The summed E-state index contributed by atoms with van der Waals surface area (Å²) < 4.78 is 80.1. The molecule has 0 unspecified atom stereocenters. The van der Waals surface area contributed by atoms with Crippen LogP contribution in [0.5, 0.6) is 0 Å². The second-order valence-corrected chi connectivity index (χ2v) is 15.2. The predicted molar refractivity (Wildman–Crippen MR) is 73.9 cm³/mol. The highest BCUT2D eigenvalue weighted by atomic mass is 28.4. The first-order valence-corrected chi connectivity index (χ1v) is 12.9. The Kier molecular flexibility index (Phi) is 5.92. The van der Waals surface area contributed by atoms with E-state index in [2.05, 4.69) is 4.74 Å². The van der Waals surface area contributed by atoms with Crippen LogP contribution in [0, 0.1) is 0 Å². The van der Waals surface area contributed by atoms with E-state index in [-0.39, 0.29) is 0 Å². The third-order valence-electron chi connectivity index (χ3n) is 1.82. The molecule has 0 fully saturated rings. The topological polar surface area (TPSA) is 27.7 Å². The smallest absolute Gasteiger partial charge is 0.461 e. The molecule has 0 heterocycles. The average molecular weight is 352 g/mol. The highest BCUT2D eigenvalue weighted by Gasteiger charge is 2.64. The molecule has 0 spiro atoms. The van der Waals surface area contributed by atoms with E-state index in [0.29, 0.717) is 0 Å². The Bertz CT molecular complexity index is 394. The molecule has 0 aromatic carbocycles. The van der Waals surface area contributed by atoms with Crippen LogP contribution in [0.1, 0.15) is 0 Å². The molecule has 0 aliphatic heterocycles. The molecule has 0 aromatic heterocycles. The monoisotopic (exact) mass is 352 g/mol. The van der Waals surface area contributed by atoms with Gasteiger partial charge in [-0.15, -0.1) is 0 Å². The van der Waals surface area contributed by atoms with E-state index in [0.717, 1.165) is 7.11 Å². The molecule has 0 N–H and O–H groups in total. The van der Waals surface area contributed by atoms with Crippen LogP contribution in [0.3, 0.4) is 0 Å². The van der Waals surface area contributed by atoms with Gasteiger partial charge in [0, 0.05) is 0 Å². The van der Waals surface area contributed by atoms with Crippen LogP contribution in [-0.4, -0.2) is 35.8 Å². The van der Waals surface area contributed by atoms with Gasteiger partial charge in [-0.3, -0.25) is 0 Å². The number of rotatable bonds is 6. The minimum absolute atomic E-state index is 0.904. The van der Waals surface area contributed by atoms with Gasteiger partial charge < -0.3 is 13.6 Å². The number of allylic oxidation sites excluding steroid dienone is 1. The summed E-state index contributed by atoms with van der Waals surface area (Å²) in [6.45, 7) is 9.35. The van der Waals surface area contributed by atoms with Crippen molar-refractivity contribution in [2.45, 2.75) is 51.4 Å². The number of alkyl halides is 5. The number of halogens is 5. The lowest BCUT2D eigenvalue weighted by Crippen LogP contribution is -2.44. The molecule has 0 amide bonds. The van der Waals surface area contributed by atoms with Crippen LogP contribution >= 0.6 is 0 Å². The van der Waals surface area contributed by atoms with Crippen molar-refractivity contribution in [2.24, 2.45) is 0 Å². The summed E-state index contributed by atoms with van der Waals surface area (Å²) in [4.78, 5) is 0. The molecule has 0 saturated carbocycles. The first kappa shape index (κ1) is 20.2. The standard InChI is InChI=1S/C11H21F5O3Si2/c1-17-9(19-21(5,6)7)8(18-20(2,3)4)10(12,13)11(14,15)16/h1-7H3. The zero-order chi connectivity index (χ0) is 17.3. The molecule has 0 bridgehead atoms. The predicted octanol–water partition coefficient (Wildman–Crippen LogP) is 4.70. The average Bonchev–Trinajstić information content (AvgIpc) is 2.18. The summed E-state index contributed by atoms with van der Waals surface area (Å²) in [6.07, 6.45) is -5.80. The minimum atomic E-state index is -5.80. The fourth-order valence-electron chi connectivity index (χ4n) is 1.13. The van der Waals surface area contributed by atoms with E-state index in [9.17, 15) is 22.0 Å². The third kappa shape index (κ3) is 6.24. The molecule has 0 aromatic rings. The molecule has 0 rings (SSSR count). The van der Waals surface area contributed by atoms with Crippen molar-refractivity contribution in [3.05, 3.63) is 11.7 Å². The highest BCUT2D eigenvalue weighted by Crippen LogP contribution is 2.44. The lowest BCUT2D eigenvalue weighted by atomic mass is 10.3.